The second-order valence-corrected chi connectivity index (χ2v) is 7.98. The van der Waals surface area contributed by atoms with Crippen LogP contribution in [0.5, 0.6) is 0 Å². The van der Waals surface area contributed by atoms with Gasteiger partial charge in [0.25, 0.3) is 0 Å². The molecule has 4 aromatic rings. The highest BCUT2D eigenvalue weighted by atomic mass is 16.6. The van der Waals surface area contributed by atoms with Crippen LogP contribution < -0.4 is 0 Å². The van der Waals surface area contributed by atoms with Crippen LogP contribution in [0.2, 0.25) is 0 Å². The van der Waals surface area contributed by atoms with E-state index in [4.69, 9.17) is 15.3 Å². The number of carbonyl (C=O) groups excluding carboxylic acids is 1. The van der Waals surface area contributed by atoms with Crippen molar-refractivity contribution in [1.82, 2.24) is 9.55 Å². The second-order valence-electron chi connectivity index (χ2n) is 7.98. The molecule has 4 rings (SSSR count). The van der Waals surface area contributed by atoms with E-state index in [9.17, 15) is 4.79 Å². The number of aromatic nitrogens is 2. The minimum atomic E-state index is -0.605. The first-order valence-corrected chi connectivity index (χ1v) is 9.61. The molecule has 0 N–H and O–H groups in total. The number of hydrogen-bond acceptors (Lipinski definition) is 4. The smallest absolute Gasteiger partial charge is 0.419 e. The molecule has 0 fully saturated rings. The molecule has 30 heavy (non-hydrogen) atoms. The lowest BCUT2D eigenvalue weighted by Crippen LogP contribution is -2.26. The van der Waals surface area contributed by atoms with E-state index >= 15 is 0 Å². The Kier molecular flexibility index (Phi) is 4.90. The van der Waals surface area contributed by atoms with Gasteiger partial charge in [-0.2, -0.15) is 0 Å². The van der Waals surface area contributed by atoms with E-state index in [0.717, 1.165) is 32.9 Å². The van der Waals surface area contributed by atoms with E-state index in [1.807, 2.05) is 75.4 Å². The first-order chi connectivity index (χ1) is 14.4. The van der Waals surface area contributed by atoms with Gasteiger partial charge in [0, 0.05) is 27.4 Å². The van der Waals surface area contributed by atoms with Crippen LogP contribution in [0.15, 0.2) is 65.9 Å². The van der Waals surface area contributed by atoms with Crippen molar-refractivity contribution < 1.29 is 9.53 Å². The lowest BCUT2D eigenvalue weighted by Gasteiger charge is -2.19. The molecule has 150 valence electrons. The van der Waals surface area contributed by atoms with Crippen molar-refractivity contribution >= 4 is 27.9 Å². The number of nitrogens with zero attached hydrogens (tertiary/aromatic N) is 5. The van der Waals surface area contributed by atoms with Crippen molar-refractivity contribution in [3.63, 3.8) is 0 Å². The lowest BCUT2D eigenvalue weighted by atomic mass is 10.0. The molecule has 2 aromatic heterocycles. The quantitative estimate of drug-likeness (QED) is 0.225. The number of pyridine rings is 1. The van der Waals surface area contributed by atoms with Crippen molar-refractivity contribution in [2.75, 3.05) is 0 Å². The Balaban J connectivity index is 1.93. The monoisotopic (exact) mass is 399 g/mol. The van der Waals surface area contributed by atoms with E-state index in [-0.39, 0.29) is 6.54 Å². The predicted octanol–water partition coefficient (Wildman–Crippen LogP) is 6.45. The molecule has 0 bridgehead atoms. The fourth-order valence-electron chi connectivity index (χ4n) is 3.47. The Hall–Kier alpha value is -3.83. The number of fused-ring (bicyclic) bond motifs is 2. The van der Waals surface area contributed by atoms with Crippen molar-refractivity contribution in [3.05, 3.63) is 76.8 Å². The zero-order chi connectivity index (χ0) is 21.3. The summed E-state index contributed by atoms with van der Waals surface area (Å²) in [5.41, 5.74) is 12.1. The average Bonchev–Trinajstić information content (AvgIpc) is 3.10. The summed E-state index contributed by atoms with van der Waals surface area (Å²) in [5, 5.41) is 5.56. The normalized spacial score (nSPS) is 11.4. The predicted molar refractivity (Wildman–Crippen MR) is 117 cm³/mol. The molecule has 0 aliphatic heterocycles. The molecule has 7 nitrogen and oxygen atoms in total. The van der Waals surface area contributed by atoms with Crippen LogP contribution in [-0.2, 0) is 11.3 Å². The standard InChI is InChI=1S/C23H21N5O2/c1-23(2,3)30-22(29)28-14-18(17-9-5-7-11-21(17)28)20-12-15(13-25-27-24)16-8-4-6-10-19(16)26-20/h4-12,14H,13H2,1-3H3. The van der Waals surface area contributed by atoms with E-state index < -0.39 is 11.7 Å². The fraction of sp³-hybridized carbons (Fsp3) is 0.217. The summed E-state index contributed by atoms with van der Waals surface area (Å²) in [4.78, 5) is 20.5. The number of carbonyl (C=O) groups is 1. The van der Waals surface area contributed by atoms with Crippen LogP contribution >= 0.6 is 0 Å². The molecule has 0 amide bonds. The van der Waals surface area contributed by atoms with Gasteiger partial charge in [0.2, 0.25) is 0 Å². The molecule has 0 saturated carbocycles. The van der Waals surface area contributed by atoms with Crippen LogP contribution in [0.4, 0.5) is 4.79 Å². The molecule has 2 heterocycles. The molecule has 0 radical (unpaired) electrons. The average molecular weight is 399 g/mol. The zero-order valence-corrected chi connectivity index (χ0v) is 17.0. The van der Waals surface area contributed by atoms with Gasteiger partial charge in [0.05, 0.1) is 23.3 Å². The molecule has 2 aromatic carbocycles. The molecule has 7 heteroatoms. The molecular formula is C23H21N5O2. The molecule has 0 aliphatic rings. The van der Waals surface area contributed by atoms with Crippen molar-refractivity contribution in [2.24, 2.45) is 5.11 Å². The highest BCUT2D eigenvalue weighted by Gasteiger charge is 2.21. The third-order valence-corrected chi connectivity index (χ3v) is 4.68. The maximum atomic E-state index is 12.8. The van der Waals surface area contributed by atoms with Gasteiger partial charge >= 0.3 is 6.09 Å². The minimum Gasteiger partial charge on any atom is -0.443 e. The number of para-hydroxylation sites is 2. The highest BCUT2D eigenvalue weighted by Crippen LogP contribution is 2.32. The van der Waals surface area contributed by atoms with E-state index in [2.05, 4.69) is 10.0 Å². The molecule has 0 aliphatic carbocycles. The summed E-state index contributed by atoms with van der Waals surface area (Å²) < 4.78 is 7.09. The molecule has 0 spiro atoms. The van der Waals surface area contributed by atoms with Gasteiger partial charge in [-0.25, -0.2) is 9.78 Å². The highest BCUT2D eigenvalue weighted by molar-refractivity contribution is 6.01. The second kappa shape index (κ2) is 7.54. The number of hydrogen-bond donors (Lipinski definition) is 0. The number of benzene rings is 2. The topological polar surface area (TPSA) is 92.9 Å². The van der Waals surface area contributed by atoms with Gasteiger partial charge in [-0.15, -0.1) is 0 Å². The van der Waals surface area contributed by atoms with Crippen LogP contribution in [0.25, 0.3) is 43.5 Å². The fourth-order valence-corrected chi connectivity index (χ4v) is 3.47. The van der Waals surface area contributed by atoms with Gasteiger partial charge in [0.1, 0.15) is 5.60 Å². The third-order valence-electron chi connectivity index (χ3n) is 4.68. The Labute approximate surface area is 173 Å². The maximum Gasteiger partial charge on any atom is 0.419 e. The summed E-state index contributed by atoms with van der Waals surface area (Å²) in [6, 6.07) is 17.3. The van der Waals surface area contributed by atoms with Gasteiger partial charge in [-0.3, -0.25) is 4.57 Å². The Morgan fingerprint density at radius 1 is 1.13 bits per heavy atom. The number of azide groups is 1. The first-order valence-electron chi connectivity index (χ1n) is 9.61. The van der Waals surface area contributed by atoms with Crippen molar-refractivity contribution in [1.29, 1.82) is 0 Å². The van der Waals surface area contributed by atoms with Crippen LogP contribution in [-0.4, -0.2) is 21.2 Å². The molecule has 0 saturated heterocycles. The van der Waals surface area contributed by atoms with Gasteiger partial charge < -0.3 is 4.74 Å². The Morgan fingerprint density at radius 3 is 2.57 bits per heavy atom. The first kappa shape index (κ1) is 19.5. The number of rotatable bonds is 3. The van der Waals surface area contributed by atoms with Gasteiger partial charge in [-0.1, -0.05) is 41.5 Å². The minimum absolute atomic E-state index is 0.219. The number of ether oxygens (including phenoxy) is 1. The Morgan fingerprint density at radius 2 is 1.83 bits per heavy atom. The summed E-state index contributed by atoms with van der Waals surface area (Å²) in [5.74, 6) is 0. The zero-order valence-electron chi connectivity index (χ0n) is 17.0. The molecule has 0 unspecified atom stereocenters. The van der Waals surface area contributed by atoms with E-state index in [1.165, 1.54) is 4.57 Å². The molecular weight excluding hydrogens is 378 g/mol. The largest absolute Gasteiger partial charge is 0.443 e. The van der Waals surface area contributed by atoms with Crippen LogP contribution in [0, 0.1) is 0 Å². The summed E-state index contributed by atoms with van der Waals surface area (Å²) >= 11 is 0. The van der Waals surface area contributed by atoms with Gasteiger partial charge in [-0.05, 0) is 50.1 Å². The maximum absolute atomic E-state index is 12.8. The SMILES string of the molecule is CC(C)(C)OC(=O)n1cc(-c2cc(CN=[N+]=[N-])c3ccccc3n2)c2ccccc21. The summed E-state index contributed by atoms with van der Waals surface area (Å²) in [6.45, 7) is 5.73. The van der Waals surface area contributed by atoms with Crippen molar-refractivity contribution in [2.45, 2.75) is 32.9 Å². The molecule has 0 atom stereocenters. The van der Waals surface area contributed by atoms with E-state index in [1.54, 1.807) is 6.20 Å². The lowest BCUT2D eigenvalue weighted by molar-refractivity contribution is 0.0544. The summed E-state index contributed by atoms with van der Waals surface area (Å²) in [6.07, 6.45) is 1.31. The van der Waals surface area contributed by atoms with Crippen molar-refractivity contribution in [3.8, 4) is 11.3 Å². The van der Waals surface area contributed by atoms with Gasteiger partial charge in [0.15, 0.2) is 0 Å². The van der Waals surface area contributed by atoms with Crippen LogP contribution in [0.3, 0.4) is 0 Å². The summed E-state index contributed by atoms with van der Waals surface area (Å²) in [7, 11) is 0. The third kappa shape index (κ3) is 3.71. The van der Waals surface area contributed by atoms with Crippen LogP contribution in [0.1, 0.15) is 26.3 Å². The Bertz CT molecular complexity index is 1310. The van der Waals surface area contributed by atoms with E-state index in [0.29, 0.717) is 5.69 Å².